The normalized spacial score (nSPS) is 16.4. The Kier molecular flexibility index (Phi) is 5.17. The van der Waals surface area contributed by atoms with Crippen LogP contribution in [0, 0.1) is 6.92 Å². The second kappa shape index (κ2) is 7.79. The number of benzene rings is 2. The number of furan rings is 1. The minimum atomic E-state index is -3.40. The van der Waals surface area contributed by atoms with Crippen LogP contribution >= 0.6 is 0 Å². The van der Waals surface area contributed by atoms with Gasteiger partial charge in [0.05, 0.1) is 24.3 Å². The first kappa shape index (κ1) is 19.9. The molecule has 1 atom stereocenters. The number of anilines is 1. The van der Waals surface area contributed by atoms with Gasteiger partial charge >= 0.3 is 5.91 Å². The standard InChI is InChI=1S/C22H21N3O4S/c1-15-7-3-4-10-18(15)20-14-19(23-25(20)22(26)21-11-6-12-29-21)16-8-5-9-17(13-16)24-30(2,27)28/h3-13,20,24H,14H2,1-2H3. The van der Waals surface area contributed by atoms with Crippen LogP contribution in [0.2, 0.25) is 0 Å². The minimum absolute atomic E-state index is 0.214. The zero-order valence-corrected chi connectivity index (χ0v) is 17.4. The molecule has 30 heavy (non-hydrogen) atoms. The summed E-state index contributed by atoms with van der Waals surface area (Å²) in [7, 11) is -3.40. The van der Waals surface area contributed by atoms with Gasteiger partial charge in [-0.2, -0.15) is 5.10 Å². The molecule has 1 aliphatic heterocycles. The van der Waals surface area contributed by atoms with E-state index in [2.05, 4.69) is 9.82 Å². The van der Waals surface area contributed by atoms with Gasteiger partial charge in [0.25, 0.3) is 0 Å². The second-order valence-electron chi connectivity index (χ2n) is 7.21. The van der Waals surface area contributed by atoms with Crippen molar-refractivity contribution in [3.8, 4) is 0 Å². The van der Waals surface area contributed by atoms with Gasteiger partial charge in [-0.15, -0.1) is 0 Å². The maximum Gasteiger partial charge on any atom is 0.310 e. The highest BCUT2D eigenvalue weighted by atomic mass is 32.2. The van der Waals surface area contributed by atoms with Crippen molar-refractivity contribution in [3.05, 3.63) is 89.4 Å². The zero-order chi connectivity index (χ0) is 21.3. The van der Waals surface area contributed by atoms with Crippen molar-refractivity contribution in [2.45, 2.75) is 19.4 Å². The monoisotopic (exact) mass is 423 g/mol. The number of hydrogen-bond acceptors (Lipinski definition) is 5. The summed E-state index contributed by atoms with van der Waals surface area (Å²) in [6.07, 6.45) is 3.06. The first-order chi connectivity index (χ1) is 14.3. The molecule has 1 N–H and O–H groups in total. The summed E-state index contributed by atoms with van der Waals surface area (Å²) in [6.45, 7) is 2.00. The smallest absolute Gasteiger partial charge is 0.310 e. The van der Waals surface area contributed by atoms with Crippen LogP contribution in [0.25, 0.3) is 0 Å². The third-order valence-corrected chi connectivity index (χ3v) is 5.50. The fourth-order valence-electron chi connectivity index (χ4n) is 3.56. The fourth-order valence-corrected chi connectivity index (χ4v) is 4.12. The number of nitrogens with one attached hydrogen (secondary N) is 1. The summed E-state index contributed by atoms with van der Waals surface area (Å²) in [5, 5.41) is 6.07. The first-order valence-electron chi connectivity index (χ1n) is 9.40. The van der Waals surface area contributed by atoms with Crippen LogP contribution in [0.1, 0.15) is 39.7 Å². The zero-order valence-electron chi connectivity index (χ0n) is 16.6. The molecule has 0 radical (unpaired) electrons. The molecule has 2 aromatic carbocycles. The molecular formula is C22H21N3O4S. The Labute approximate surface area is 175 Å². The van der Waals surface area contributed by atoms with E-state index in [-0.39, 0.29) is 17.7 Å². The van der Waals surface area contributed by atoms with Gasteiger partial charge in [0.2, 0.25) is 10.0 Å². The predicted molar refractivity (Wildman–Crippen MR) is 115 cm³/mol. The number of aryl methyl sites for hydroxylation is 1. The van der Waals surface area contributed by atoms with Crippen LogP contribution in [0.5, 0.6) is 0 Å². The van der Waals surface area contributed by atoms with E-state index in [1.807, 2.05) is 37.3 Å². The van der Waals surface area contributed by atoms with E-state index in [1.54, 1.807) is 30.3 Å². The second-order valence-corrected chi connectivity index (χ2v) is 8.95. The van der Waals surface area contributed by atoms with E-state index in [4.69, 9.17) is 4.42 Å². The van der Waals surface area contributed by atoms with Gasteiger partial charge in [-0.3, -0.25) is 9.52 Å². The van der Waals surface area contributed by atoms with Gasteiger partial charge < -0.3 is 4.42 Å². The lowest BCUT2D eigenvalue weighted by Crippen LogP contribution is -2.27. The SMILES string of the molecule is Cc1ccccc1C1CC(c2cccc(NS(C)(=O)=O)c2)=NN1C(=O)c1ccco1. The van der Waals surface area contributed by atoms with E-state index in [9.17, 15) is 13.2 Å². The molecule has 3 aromatic rings. The highest BCUT2D eigenvalue weighted by molar-refractivity contribution is 7.92. The number of hydrazone groups is 1. The van der Waals surface area contributed by atoms with Crippen molar-refractivity contribution in [3.63, 3.8) is 0 Å². The van der Waals surface area contributed by atoms with Gasteiger partial charge in [0, 0.05) is 12.1 Å². The van der Waals surface area contributed by atoms with Crippen LogP contribution in [0.3, 0.4) is 0 Å². The van der Waals surface area contributed by atoms with Crippen molar-refractivity contribution < 1.29 is 17.6 Å². The molecule has 2 heterocycles. The average Bonchev–Trinajstić information content (AvgIpc) is 3.37. The molecule has 1 amide bonds. The molecule has 0 saturated heterocycles. The van der Waals surface area contributed by atoms with Crippen molar-refractivity contribution in [1.82, 2.24) is 5.01 Å². The van der Waals surface area contributed by atoms with Crippen molar-refractivity contribution in [2.75, 3.05) is 11.0 Å². The summed E-state index contributed by atoms with van der Waals surface area (Å²) in [4.78, 5) is 13.1. The van der Waals surface area contributed by atoms with Gasteiger partial charge in [-0.25, -0.2) is 13.4 Å². The molecule has 1 aliphatic rings. The molecular weight excluding hydrogens is 402 g/mol. The molecule has 0 spiro atoms. The van der Waals surface area contributed by atoms with E-state index in [1.165, 1.54) is 11.3 Å². The maximum absolute atomic E-state index is 13.1. The summed E-state index contributed by atoms with van der Waals surface area (Å²) in [5.74, 6) is -0.111. The van der Waals surface area contributed by atoms with Crippen LogP contribution in [-0.4, -0.2) is 31.3 Å². The Balaban J connectivity index is 1.73. The average molecular weight is 423 g/mol. The molecule has 0 bridgehead atoms. The van der Waals surface area contributed by atoms with Gasteiger partial charge in [0.1, 0.15) is 0 Å². The Bertz CT molecular complexity index is 1220. The molecule has 8 heteroatoms. The molecule has 1 aromatic heterocycles. The Hall–Kier alpha value is -3.39. The summed E-state index contributed by atoms with van der Waals surface area (Å²) >= 11 is 0. The number of carbonyl (C=O) groups excluding carboxylic acids is 1. The van der Waals surface area contributed by atoms with E-state index in [0.717, 1.165) is 22.9 Å². The quantitative estimate of drug-likeness (QED) is 0.673. The van der Waals surface area contributed by atoms with E-state index < -0.39 is 10.0 Å². The highest BCUT2D eigenvalue weighted by Crippen LogP contribution is 2.35. The van der Waals surface area contributed by atoms with Crippen LogP contribution in [0.15, 0.2) is 76.4 Å². The largest absolute Gasteiger partial charge is 0.459 e. The summed E-state index contributed by atoms with van der Waals surface area (Å²) < 4.78 is 30.9. The predicted octanol–water partition coefficient (Wildman–Crippen LogP) is 3.95. The van der Waals surface area contributed by atoms with Crippen LogP contribution in [0.4, 0.5) is 5.69 Å². The molecule has 0 saturated carbocycles. The Morgan fingerprint density at radius 2 is 1.93 bits per heavy atom. The van der Waals surface area contributed by atoms with Crippen molar-refractivity contribution in [1.29, 1.82) is 0 Å². The molecule has 7 nitrogen and oxygen atoms in total. The van der Waals surface area contributed by atoms with Gasteiger partial charge in [-0.05, 0) is 47.9 Å². The lowest BCUT2D eigenvalue weighted by molar-refractivity contribution is 0.0678. The van der Waals surface area contributed by atoms with Gasteiger partial charge in [-0.1, -0.05) is 36.4 Å². The molecule has 154 valence electrons. The highest BCUT2D eigenvalue weighted by Gasteiger charge is 2.35. The maximum atomic E-state index is 13.1. The molecule has 0 aliphatic carbocycles. The topological polar surface area (TPSA) is 92.0 Å². The lowest BCUT2D eigenvalue weighted by Gasteiger charge is -2.22. The molecule has 4 rings (SSSR count). The first-order valence-corrected chi connectivity index (χ1v) is 11.3. The number of rotatable bonds is 5. The Morgan fingerprint density at radius 3 is 2.63 bits per heavy atom. The summed E-state index contributed by atoms with van der Waals surface area (Å²) in [5.41, 5.74) is 3.95. The van der Waals surface area contributed by atoms with E-state index in [0.29, 0.717) is 17.8 Å². The minimum Gasteiger partial charge on any atom is -0.459 e. The number of nitrogens with zero attached hydrogens (tertiary/aromatic N) is 2. The third kappa shape index (κ3) is 4.13. The van der Waals surface area contributed by atoms with Crippen LogP contribution in [-0.2, 0) is 10.0 Å². The lowest BCUT2D eigenvalue weighted by atomic mass is 9.95. The number of carbonyl (C=O) groups is 1. The summed E-state index contributed by atoms with van der Waals surface area (Å²) in [6, 6.07) is 17.9. The fraction of sp³-hybridized carbons (Fsp3) is 0.182. The Morgan fingerprint density at radius 1 is 1.13 bits per heavy atom. The number of hydrogen-bond donors (Lipinski definition) is 1. The molecule has 1 unspecified atom stereocenters. The molecule has 0 fully saturated rings. The third-order valence-electron chi connectivity index (χ3n) is 4.90. The van der Waals surface area contributed by atoms with E-state index >= 15 is 0 Å². The van der Waals surface area contributed by atoms with Gasteiger partial charge in [0.15, 0.2) is 5.76 Å². The van der Waals surface area contributed by atoms with Crippen molar-refractivity contribution in [2.24, 2.45) is 5.10 Å². The number of amides is 1. The van der Waals surface area contributed by atoms with Crippen molar-refractivity contribution >= 4 is 27.3 Å². The van der Waals surface area contributed by atoms with Crippen LogP contribution < -0.4 is 4.72 Å². The number of sulfonamides is 1.